The van der Waals surface area contributed by atoms with Crippen LogP contribution in [0.1, 0.15) is 28.8 Å². The van der Waals surface area contributed by atoms with E-state index < -0.39 is 0 Å². The predicted molar refractivity (Wildman–Crippen MR) is 86.2 cm³/mol. The van der Waals surface area contributed by atoms with E-state index in [-0.39, 0.29) is 10.9 Å². The summed E-state index contributed by atoms with van der Waals surface area (Å²) in [4.78, 5) is 21.7. The van der Waals surface area contributed by atoms with Gasteiger partial charge in [0, 0.05) is 5.38 Å². The molecule has 0 aliphatic rings. The number of halogens is 1. The molecule has 1 aromatic carbocycles. The third kappa shape index (κ3) is 2.71. The van der Waals surface area contributed by atoms with Crippen LogP contribution in [0.2, 0.25) is 0 Å². The third-order valence-electron chi connectivity index (χ3n) is 3.23. The zero-order valence-electron chi connectivity index (χ0n) is 11.7. The lowest BCUT2D eigenvalue weighted by Crippen LogP contribution is -2.26. The second-order valence-corrected chi connectivity index (χ2v) is 6.57. The molecule has 0 radical (unpaired) electrons. The molecule has 1 atom stereocenters. The van der Waals surface area contributed by atoms with Gasteiger partial charge in [-0.2, -0.15) is 0 Å². The van der Waals surface area contributed by atoms with E-state index in [4.69, 9.17) is 11.6 Å². The van der Waals surface area contributed by atoms with Crippen molar-refractivity contribution in [3.63, 3.8) is 0 Å². The maximum Gasteiger partial charge on any atom is 0.261 e. The molecule has 3 rings (SSSR count). The van der Waals surface area contributed by atoms with Gasteiger partial charge in [-0.05, 0) is 26.0 Å². The molecule has 2 aromatic heterocycles. The maximum absolute atomic E-state index is 12.7. The molecular weight excluding hydrogens is 306 g/mol. The highest BCUT2D eigenvalue weighted by Gasteiger charge is 2.15. The molecule has 0 N–H and O–H groups in total. The van der Waals surface area contributed by atoms with Gasteiger partial charge in [0.2, 0.25) is 0 Å². The quantitative estimate of drug-likeness (QED) is 0.694. The fourth-order valence-electron chi connectivity index (χ4n) is 2.28. The van der Waals surface area contributed by atoms with Crippen LogP contribution in [0.3, 0.4) is 0 Å². The molecule has 2 heterocycles. The van der Waals surface area contributed by atoms with Crippen LogP contribution in [0.15, 0.2) is 34.4 Å². The standard InChI is InChI=1S/C15H14ClN3OS/c1-9(16)14-18-13-6-4-3-5-12(13)15(20)19(14)7-11-8-21-10(2)17-11/h3-6,8-9H,7H2,1-2H3. The number of aryl methyl sites for hydroxylation is 1. The molecule has 4 nitrogen and oxygen atoms in total. The summed E-state index contributed by atoms with van der Waals surface area (Å²) < 4.78 is 1.62. The zero-order valence-corrected chi connectivity index (χ0v) is 13.3. The first kappa shape index (κ1) is 14.2. The minimum Gasteiger partial charge on any atom is -0.289 e. The SMILES string of the molecule is Cc1nc(Cn2c(C(C)Cl)nc3ccccc3c2=O)cs1. The van der Waals surface area contributed by atoms with Crippen LogP contribution in [0.25, 0.3) is 10.9 Å². The van der Waals surface area contributed by atoms with Crippen LogP contribution in [0, 0.1) is 6.92 Å². The molecule has 0 bridgehead atoms. The van der Waals surface area contributed by atoms with Crippen LogP contribution in [0.5, 0.6) is 0 Å². The summed E-state index contributed by atoms with van der Waals surface area (Å²) in [5.74, 6) is 0.575. The minimum atomic E-state index is -0.345. The Morgan fingerprint density at radius 2 is 2.10 bits per heavy atom. The largest absolute Gasteiger partial charge is 0.289 e. The van der Waals surface area contributed by atoms with Crippen molar-refractivity contribution in [1.82, 2.24) is 14.5 Å². The second-order valence-electron chi connectivity index (χ2n) is 4.85. The summed E-state index contributed by atoms with van der Waals surface area (Å²) in [6.45, 7) is 4.16. The van der Waals surface area contributed by atoms with E-state index in [2.05, 4.69) is 9.97 Å². The lowest BCUT2D eigenvalue weighted by atomic mass is 10.2. The molecule has 0 amide bonds. The summed E-state index contributed by atoms with van der Waals surface area (Å²) in [6, 6.07) is 7.32. The summed E-state index contributed by atoms with van der Waals surface area (Å²) in [7, 11) is 0. The second kappa shape index (κ2) is 5.58. The number of aromatic nitrogens is 3. The Bertz CT molecular complexity index is 853. The summed E-state index contributed by atoms with van der Waals surface area (Å²) in [6.07, 6.45) is 0. The fraction of sp³-hybridized carbons (Fsp3) is 0.267. The van der Waals surface area contributed by atoms with Gasteiger partial charge in [0.15, 0.2) is 0 Å². The molecule has 0 aliphatic carbocycles. The van der Waals surface area contributed by atoms with Crippen LogP contribution in [-0.4, -0.2) is 14.5 Å². The van der Waals surface area contributed by atoms with Gasteiger partial charge in [-0.25, -0.2) is 9.97 Å². The van der Waals surface area contributed by atoms with Gasteiger partial charge in [0.05, 0.1) is 33.5 Å². The van der Waals surface area contributed by atoms with E-state index in [0.717, 1.165) is 10.7 Å². The molecule has 0 saturated carbocycles. The van der Waals surface area contributed by atoms with Gasteiger partial charge in [-0.1, -0.05) is 12.1 Å². The van der Waals surface area contributed by atoms with Crippen LogP contribution in [0.4, 0.5) is 0 Å². The average Bonchev–Trinajstić information content (AvgIpc) is 2.87. The Labute approximate surface area is 131 Å². The van der Waals surface area contributed by atoms with E-state index in [1.807, 2.05) is 37.4 Å². The molecule has 108 valence electrons. The number of alkyl halides is 1. The Kier molecular flexibility index (Phi) is 3.78. The molecule has 3 aromatic rings. The van der Waals surface area contributed by atoms with Crippen molar-refractivity contribution in [2.24, 2.45) is 0 Å². The number of benzene rings is 1. The Hall–Kier alpha value is -1.72. The number of hydrogen-bond donors (Lipinski definition) is 0. The molecule has 0 spiro atoms. The summed E-state index contributed by atoms with van der Waals surface area (Å²) in [5, 5.41) is 3.19. The van der Waals surface area contributed by atoms with Gasteiger partial charge in [-0.15, -0.1) is 22.9 Å². The lowest BCUT2D eigenvalue weighted by Gasteiger charge is -2.14. The molecule has 0 fully saturated rings. The molecule has 0 aliphatic heterocycles. The highest BCUT2D eigenvalue weighted by molar-refractivity contribution is 7.09. The number of fused-ring (bicyclic) bond motifs is 1. The fourth-order valence-corrected chi connectivity index (χ4v) is 3.05. The third-order valence-corrected chi connectivity index (χ3v) is 4.25. The summed E-state index contributed by atoms with van der Waals surface area (Å²) >= 11 is 7.78. The molecule has 1 unspecified atom stereocenters. The van der Waals surface area contributed by atoms with Crippen molar-refractivity contribution in [2.75, 3.05) is 0 Å². The van der Waals surface area contributed by atoms with Crippen molar-refractivity contribution >= 4 is 33.8 Å². The van der Waals surface area contributed by atoms with Crippen LogP contribution in [-0.2, 0) is 6.54 Å². The van der Waals surface area contributed by atoms with E-state index in [1.54, 1.807) is 22.0 Å². The van der Waals surface area contributed by atoms with E-state index in [0.29, 0.717) is 23.3 Å². The highest BCUT2D eigenvalue weighted by atomic mass is 35.5. The number of nitrogens with zero attached hydrogens (tertiary/aromatic N) is 3. The van der Waals surface area contributed by atoms with Crippen LogP contribution < -0.4 is 5.56 Å². The monoisotopic (exact) mass is 319 g/mol. The number of rotatable bonds is 3. The highest BCUT2D eigenvalue weighted by Crippen LogP contribution is 2.20. The van der Waals surface area contributed by atoms with Crippen molar-refractivity contribution < 1.29 is 0 Å². The Morgan fingerprint density at radius 3 is 2.76 bits per heavy atom. The van der Waals surface area contributed by atoms with Crippen molar-refractivity contribution in [3.05, 3.63) is 56.5 Å². The van der Waals surface area contributed by atoms with Gasteiger partial charge >= 0.3 is 0 Å². The Balaban J connectivity index is 2.21. The number of para-hydroxylation sites is 1. The van der Waals surface area contributed by atoms with E-state index >= 15 is 0 Å². The first-order chi connectivity index (χ1) is 10.1. The van der Waals surface area contributed by atoms with Gasteiger partial charge in [-0.3, -0.25) is 9.36 Å². The first-order valence-electron chi connectivity index (χ1n) is 6.61. The van der Waals surface area contributed by atoms with Gasteiger partial charge in [0.25, 0.3) is 5.56 Å². The zero-order chi connectivity index (χ0) is 15.0. The minimum absolute atomic E-state index is 0.0752. The molecular formula is C15H14ClN3OS. The Morgan fingerprint density at radius 1 is 1.33 bits per heavy atom. The smallest absolute Gasteiger partial charge is 0.261 e. The predicted octanol–water partition coefficient (Wildman–Crippen LogP) is 3.51. The normalized spacial score (nSPS) is 12.7. The molecule has 21 heavy (non-hydrogen) atoms. The summed E-state index contributed by atoms with van der Waals surface area (Å²) in [5.41, 5.74) is 1.46. The van der Waals surface area contributed by atoms with E-state index in [9.17, 15) is 4.79 Å². The topological polar surface area (TPSA) is 47.8 Å². The number of hydrogen-bond acceptors (Lipinski definition) is 4. The molecule has 6 heteroatoms. The van der Waals surface area contributed by atoms with Crippen molar-refractivity contribution in [2.45, 2.75) is 25.8 Å². The average molecular weight is 320 g/mol. The maximum atomic E-state index is 12.7. The van der Waals surface area contributed by atoms with Crippen LogP contribution >= 0.6 is 22.9 Å². The van der Waals surface area contributed by atoms with Gasteiger partial charge in [0.1, 0.15) is 5.82 Å². The van der Waals surface area contributed by atoms with Gasteiger partial charge < -0.3 is 0 Å². The van der Waals surface area contributed by atoms with Crippen molar-refractivity contribution in [3.8, 4) is 0 Å². The van der Waals surface area contributed by atoms with E-state index in [1.165, 1.54) is 0 Å². The molecule has 0 saturated heterocycles. The van der Waals surface area contributed by atoms with Crippen molar-refractivity contribution in [1.29, 1.82) is 0 Å². The lowest BCUT2D eigenvalue weighted by molar-refractivity contribution is 0.668. The first-order valence-corrected chi connectivity index (χ1v) is 7.92. The number of thiazole rings is 1.